The molecule has 0 radical (unpaired) electrons. The summed E-state index contributed by atoms with van der Waals surface area (Å²) in [6, 6.07) is 15.5. The Morgan fingerprint density at radius 2 is 1.80 bits per heavy atom. The predicted octanol–water partition coefficient (Wildman–Crippen LogP) is 3.84. The number of carbonyl (C=O) groups is 3. The van der Waals surface area contributed by atoms with Gasteiger partial charge < -0.3 is 24.8 Å². The summed E-state index contributed by atoms with van der Waals surface area (Å²) in [6.07, 6.45) is 3.27. The summed E-state index contributed by atoms with van der Waals surface area (Å²) in [7, 11) is 0. The molecule has 1 fully saturated rings. The molecule has 5 rings (SSSR count). The Hall–Kier alpha value is -3.81. The minimum absolute atomic E-state index is 0.0177. The van der Waals surface area contributed by atoms with Gasteiger partial charge in [0.15, 0.2) is 0 Å². The van der Waals surface area contributed by atoms with Crippen LogP contribution in [0.5, 0.6) is 0 Å². The van der Waals surface area contributed by atoms with Gasteiger partial charge in [0.25, 0.3) is 5.91 Å². The zero-order chi connectivity index (χ0) is 24.4. The number of benzene rings is 2. The SMILES string of the molecule is CCOC(=O)N1CCC(NC(=O)CCN2C(=O)c3ccccc3[C@@H]2c2c[nH]c3ccccc23)CC1. The van der Waals surface area contributed by atoms with E-state index in [4.69, 9.17) is 4.74 Å². The number of H-pyrrole nitrogens is 1. The molecule has 3 heterocycles. The highest BCUT2D eigenvalue weighted by Crippen LogP contribution is 2.41. The molecule has 1 atom stereocenters. The van der Waals surface area contributed by atoms with Gasteiger partial charge in [-0.05, 0) is 37.5 Å². The van der Waals surface area contributed by atoms with Crippen LogP contribution in [0.2, 0.25) is 0 Å². The summed E-state index contributed by atoms with van der Waals surface area (Å²) in [5, 5.41) is 4.16. The van der Waals surface area contributed by atoms with Crippen LogP contribution in [-0.4, -0.2) is 65.0 Å². The Balaban J connectivity index is 1.26. The summed E-state index contributed by atoms with van der Waals surface area (Å²) in [6.45, 7) is 3.59. The number of aromatic nitrogens is 1. The Kier molecular flexibility index (Phi) is 6.44. The van der Waals surface area contributed by atoms with Gasteiger partial charge >= 0.3 is 6.09 Å². The number of amides is 3. The van der Waals surface area contributed by atoms with Crippen LogP contribution >= 0.6 is 0 Å². The van der Waals surface area contributed by atoms with Crippen LogP contribution in [0.3, 0.4) is 0 Å². The molecule has 8 heteroatoms. The third-order valence-corrected chi connectivity index (χ3v) is 6.94. The fraction of sp³-hybridized carbons (Fsp3) is 0.370. The number of aromatic amines is 1. The largest absolute Gasteiger partial charge is 0.450 e. The number of fused-ring (bicyclic) bond motifs is 2. The van der Waals surface area contributed by atoms with Crippen molar-refractivity contribution in [2.24, 2.45) is 0 Å². The van der Waals surface area contributed by atoms with Crippen LogP contribution in [0, 0.1) is 0 Å². The molecule has 182 valence electrons. The van der Waals surface area contributed by atoms with Gasteiger partial charge in [-0.25, -0.2) is 4.79 Å². The number of para-hydroxylation sites is 1. The van der Waals surface area contributed by atoms with Gasteiger partial charge in [0, 0.05) is 60.3 Å². The van der Waals surface area contributed by atoms with Gasteiger partial charge in [0.05, 0.1) is 12.6 Å². The molecular weight excluding hydrogens is 444 g/mol. The maximum Gasteiger partial charge on any atom is 0.409 e. The first-order valence-electron chi connectivity index (χ1n) is 12.2. The molecule has 1 aromatic heterocycles. The number of carbonyl (C=O) groups excluding carboxylic acids is 3. The van der Waals surface area contributed by atoms with E-state index in [1.54, 1.807) is 11.8 Å². The van der Waals surface area contributed by atoms with E-state index < -0.39 is 0 Å². The lowest BCUT2D eigenvalue weighted by Crippen LogP contribution is -2.47. The molecule has 8 nitrogen and oxygen atoms in total. The Labute approximate surface area is 204 Å². The van der Waals surface area contributed by atoms with Crippen molar-refractivity contribution in [1.29, 1.82) is 0 Å². The van der Waals surface area contributed by atoms with Crippen LogP contribution in [0.25, 0.3) is 10.9 Å². The van der Waals surface area contributed by atoms with Crippen molar-refractivity contribution in [1.82, 2.24) is 20.1 Å². The maximum absolute atomic E-state index is 13.3. The van der Waals surface area contributed by atoms with Crippen molar-refractivity contribution >= 4 is 28.8 Å². The lowest BCUT2D eigenvalue weighted by atomic mass is 9.97. The number of ether oxygens (including phenoxy) is 1. The number of nitrogens with zero attached hydrogens (tertiary/aromatic N) is 2. The highest BCUT2D eigenvalue weighted by molar-refractivity contribution is 6.01. The minimum Gasteiger partial charge on any atom is -0.450 e. The van der Waals surface area contributed by atoms with Crippen LogP contribution in [0.4, 0.5) is 4.79 Å². The average molecular weight is 475 g/mol. The molecule has 2 aliphatic rings. The fourth-order valence-electron chi connectivity index (χ4n) is 5.20. The van der Waals surface area contributed by atoms with Crippen LogP contribution in [-0.2, 0) is 9.53 Å². The van der Waals surface area contributed by atoms with E-state index in [9.17, 15) is 14.4 Å². The van der Waals surface area contributed by atoms with Crippen LogP contribution in [0.15, 0.2) is 54.7 Å². The van der Waals surface area contributed by atoms with Gasteiger partial charge in [-0.15, -0.1) is 0 Å². The number of hydrogen-bond donors (Lipinski definition) is 2. The van der Waals surface area contributed by atoms with Crippen LogP contribution in [0.1, 0.15) is 53.7 Å². The lowest BCUT2D eigenvalue weighted by molar-refractivity contribution is -0.122. The summed E-state index contributed by atoms with van der Waals surface area (Å²) in [5.41, 5.74) is 3.71. The molecular formula is C27H30N4O4. The van der Waals surface area contributed by atoms with E-state index in [0.717, 1.165) is 22.0 Å². The second kappa shape index (κ2) is 9.82. The van der Waals surface area contributed by atoms with Gasteiger partial charge in [0.1, 0.15) is 0 Å². The predicted molar refractivity (Wildman–Crippen MR) is 132 cm³/mol. The zero-order valence-corrected chi connectivity index (χ0v) is 19.8. The third-order valence-electron chi connectivity index (χ3n) is 6.94. The first-order valence-corrected chi connectivity index (χ1v) is 12.2. The molecule has 3 amide bonds. The molecule has 0 spiro atoms. The normalized spacial score (nSPS) is 18.1. The number of rotatable bonds is 6. The van der Waals surface area contributed by atoms with E-state index in [-0.39, 0.29) is 36.4 Å². The lowest BCUT2D eigenvalue weighted by Gasteiger charge is -2.32. The van der Waals surface area contributed by atoms with Gasteiger partial charge in [-0.3, -0.25) is 9.59 Å². The Morgan fingerprint density at radius 1 is 1.06 bits per heavy atom. The molecule has 2 aromatic carbocycles. The first-order chi connectivity index (χ1) is 17.1. The third kappa shape index (κ3) is 4.48. The molecule has 3 aromatic rings. The van der Waals surface area contributed by atoms with Crippen molar-refractivity contribution in [3.63, 3.8) is 0 Å². The molecule has 0 bridgehead atoms. The minimum atomic E-state index is -0.298. The van der Waals surface area contributed by atoms with E-state index >= 15 is 0 Å². The maximum atomic E-state index is 13.3. The zero-order valence-electron chi connectivity index (χ0n) is 19.8. The second-order valence-electron chi connectivity index (χ2n) is 9.06. The number of piperidine rings is 1. The van der Waals surface area contributed by atoms with E-state index in [1.807, 2.05) is 53.6 Å². The van der Waals surface area contributed by atoms with Crippen molar-refractivity contribution in [3.05, 3.63) is 71.4 Å². The Bertz CT molecular complexity index is 1240. The van der Waals surface area contributed by atoms with Crippen LogP contribution < -0.4 is 5.32 Å². The molecule has 2 N–H and O–H groups in total. The highest BCUT2D eigenvalue weighted by atomic mass is 16.6. The van der Waals surface area contributed by atoms with E-state index in [0.29, 0.717) is 44.6 Å². The van der Waals surface area contributed by atoms with Crippen molar-refractivity contribution < 1.29 is 19.1 Å². The second-order valence-corrected chi connectivity index (χ2v) is 9.06. The van der Waals surface area contributed by atoms with Gasteiger partial charge in [-0.2, -0.15) is 0 Å². The Morgan fingerprint density at radius 3 is 2.60 bits per heavy atom. The monoisotopic (exact) mass is 474 g/mol. The smallest absolute Gasteiger partial charge is 0.409 e. The first kappa shape index (κ1) is 23.0. The molecule has 0 aliphatic carbocycles. The van der Waals surface area contributed by atoms with Crippen molar-refractivity contribution in [3.8, 4) is 0 Å². The molecule has 0 saturated carbocycles. The number of hydrogen-bond acceptors (Lipinski definition) is 4. The summed E-state index contributed by atoms with van der Waals surface area (Å²) < 4.78 is 5.06. The van der Waals surface area contributed by atoms with Gasteiger partial charge in [0.2, 0.25) is 5.91 Å². The molecule has 1 saturated heterocycles. The average Bonchev–Trinajstić information content (AvgIpc) is 3.42. The fourth-order valence-corrected chi connectivity index (χ4v) is 5.20. The van der Waals surface area contributed by atoms with Crippen molar-refractivity contribution in [2.45, 2.75) is 38.3 Å². The number of nitrogens with one attached hydrogen (secondary N) is 2. The van der Waals surface area contributed by atoms with E-state index in [1.165, 1.54) is 0 Å². The summed E-state index contributed by atoms with van der Waals surface area (Å²) in [5.74, 6) is -0.132. The van der Waals surface area contributed by atoms with Crippen molar-refractivity contribution in [2.75, 3.05) is 26.2 Å². The highest BCUT2D eigenvalue weighted by Gasteiger charge is 2.38. The number of likely N-dealkylation sites (tertiary alicyclic amines) is 1. The van der Waals surface area contributed by atoms with E-state index in [2.05, 4.69) is 16.4 Å². The topological polar surface area (TPSA) is 94.7 Å². The standard InChI is InChI=1S/C27H30N4O4/c1-2-35-27(34)30-14-11-18(12-15-30)29-24(32)13-16-31-25(20-8-3-4-9-21(20)26(31)33)22-17-28-23-10-6-5-7-19(22)23/h3-10,17-18,25,28H,2,11-16H2,1H3,(H,29,32)/t25-/m1/s1. The quantitative estimate of drug-likeness (QED) is 0.568. The summed E-state index contributed by atoms with van der Waals surface area (Å²) >= 11 is 0. The summed E-state index contributed by atoms with van der Waals surface area (Å²) in [4.78, 5) is 44.8. The molecule has 0 unspecified atom stereocenters. The van der Waals surface area contributed by atoms with Gasteiger partial charge in [-0.1, -0.05) is 36.4 Å². The molecule has 35 heavy (non-hydrogen) atoms. The molecule has 2 aliphatic heterocycles.